The molecule has 1 aliphatic rings. The van der Waals surface area contributed by atoms with Crippen molar-refractivity contribution in [3.8, 4) is 0 Å². The van der Waals surface area contributed by atoms with Crippen molar-refractivity contribution < 1.29 is 22.7 Å². The van der Waals surface area contributed by atoms with Gasteiger partial charge in [0.05, 0.1) is 42.0 Å². The Balaban J connectivity index is 1.74. The Kier molecular flexibility index (Phi) is 5.36. The average Bonchev–Trinajstić information content (AvgIpc) is 2.66. The van der Waals surface area contributed by atoms with Crippen molar-refractivity contribution in [2.75, 3.05) is 13.2 Å². The molecule has 0 bridgehead atoms. The number of aromatic nitrogens is 3. The Morgan fingerprint density at radius 3 is 2.61 bits per heavy atom. The van der Waals surface area contributed by atoms with Crippen molar-refractivity contribution in [2.45, 2.75) is 19.0 Å². The molecule has 8 nitrogen and oxygen atoms in total. The van der Waals surface area contributed by atoms with Crippen LogP contribution in [0.5, 0.6) is 0 Å². The summed E-state index contributed by atoms with van der Waals surface area (Å²) in [4.78, 5) is 44.8. The molecule has 1 aliphatic heterocycles. The second kappa shape index (κ2) is 7.99. The molecular weight excluding hydrogens is 417 g/mol. The van der Waals surface area contributed by atoms with Gasteiger partial charge in [0, 0.05) is 12.0 Å². The molecule has 4 rings (SSSR count). The average molecular weight is 434 g/mol. The molecule has 2 atom stereocenters. The second-order valence-electron chi connectivity index (χ2n) is 7.29. The summed E-state index contributed by atoms with van der Waals surface area (Å²) in [5, 5.41) is 2.41. The molecule has 162 valence electrons. The first kappa shape index (κ1) is 20.8. The van der Waals surface area contributed by atoms with E-state index in [1.54, 1.807) is 0 Å². The number of aromatic amines is 1. The molecule has 1 aromatic carbocycles. The molecule has 1 fully saturated rings. The number of benzene rings is 1. The molecule has 1 amide bonds. The summed E-state index contributed by atoms with van der Waals surface area (Å²) in [6, 6.07) is 1.68. The third-order valence-electron chi connectivity index (χ3n) is 5.15. The Morgan fingerprint density at radius 1 is 1.23 bits per heavy atom. The van der Waals surface area contributed by atoms with Crippen molar-refractivity contribution >= 4 is 16.8 Å². The summed E-state index contributed by atoms with van der Waals surface area (Å²) in [6.07, 6.45) is 0.811. The largest absolute Gasteiger partial charge is 0.380 e. The molecule has 1 saturated heterocycles. The minimum absolute atomic E-state index is 0.100. The fourth-order valence-electron chi connectivity index (χ4n) is 3.54. The summed E-state index contributed by atoms with van der Waals surface area (Å²) >= 11 is 0. The molecular formula is C20H17F3N4O4. The van der Waals surface area contributed by atoms with Gasteiger partial charge in [-0.3, -0.25) is 14.6 Å². The van der Waals surface area contributed by atoms with Crippen LogP contribution < -0.4 is 16.6 Å². The quantitative estimate of drug-likeness (QED) is 0.634. The number of fused-ring (bicyclic) bond motifs is 1. The number of carbonyl (C=O) groups is 1. The standard InChI is InChI=1S/C20H17F3N4O4/c1-9(16-14(23)5-12(22)6-24-16)25-18(28)17(10-7-31-8-10)27-19(29)13-4-11(21)2-3-15(13)26-20(27)30/h2-6,9-10,17H,7-8H2,1H3,(H,25,28)(H,26,30)/t9-,17-/m1/s1. The van der Waals surface area contributed by atoms with Crippen LogP contribution in [0.25, 0.3) is 10.9 Å². The van der Waals surface area contributed by atoms with Gasteiger partial charge in [0.1, 0.15) is 23.5 Å². The Bertz CT molecular complexity index is 1290. The normalized spacial score (nSPS) is 16.0. The van der Waals surface area contributed by atoms with Crippen LogP contribution >= 0.6 is 0 Å². The summed E-state index contributed by atoms with van der Waals surface area (Å²) < 4.78 is 46.6. The van der Waals surface area contributed by atoms with Gasteiger partial charge in [-0.1, -0.05) is 0 Å². The number of H-pyrrole nitrogens is 1. The number of nitrogens with zero attached hydrogens (tertiary/aromatic N) is 2. The number of pyridine rings is 1. The number of hydrogen-bond acceptors (Lipinski definition) is 5. The third kappa shape index (κ3) is 3.83. The summed E-state index contributed by atoms with van der Waals surface area (Å²) in [5.74, 6) is -3.77. The monoisotopic (exact) mass is 434 g/mol. The highest BCUT2D eigenvalue weighted by Gasteiger charge is 2.38. The van der Waals surface area contributed by atoms with E-state index in [0.717, 1.165) is 18.3 Å². The van der Waals surface area contributed by atoms with E-state index in [2.05, 4.69) is 15.3 Å². The first-order chi connectivity index (χ1) is 14.8. The van der Waals surface area contributed by atoms with Crippen LogP contribution in [0.4, 0.5) is 13.2 Å². The molecule has 0 aliphatic carbocycles. The van der Waals surface area contributed by atoms with Crippen molar-refractivity contribution in [3.05, 3.63) is 74.4 Å². The van der Waals surface area contributed by atoms with E-state index >= 15 is 0 Å². The summed E-state index contributed by atoms with van der Waals surface area (Å²) in [6.45, 7) is 1.66. The number of nitrogens with one attached hydrogen (secondary N) is 2. The molecule has 3 heterocycles. The number of carbonyl (C=O) groups excluding carboxylic acids is 1. The molecule has 31 heavy (non-hydrogen) atoms. The van der Waals surface area contributed by atoms with E-state index in [0.29, 0.717) is 10.6 Å². The molecule has 3 aromatic rings. The van der Waals surface area contributed by atoms with Gasteiger partial charge in [0.15, 0.2) is 0 Å². The molecule has 2 aromatic heterocycles. The van der Waals surface area contributed by atoms with E-state index in [9.17, 15) is 27.6 Å². The topological polar surface area (TPSA) is 106 Å². The highest BCUT2D eigenvalue weighted by Crippen LogP contribution is 2.25. The predicted octanol–water partition coefficient (Wildman–Crippen LogP) is 1.57. The van der Waals surface area contributed by atoms with E-state index in [4.69, 9.17) is 4.74 Å². The van der Waals surface area contributed by atoms with Gasteiger partial charge in [-0.2, -0.15) is 0 Å². The summed E-state index contributed by atoms with van der Waals surface area (Å²) in [7, 11) is 0. The lowest BCUT2D eigenvalue weighted by Gasteiger charge is -2.34. The second-order valence-corrected chi connectivity index (χ2v) is 7.29. The fourth-order valence-corrected chi connectivity index (χ4v) is 3.54. The summed E-state index contributed by atoms with van der Waals surface area (Å²) in [5.41, 5.74) is -1.78. The van der Waals surface area contributed by atoms with Gasteiger partial charge in [-0.25, -0.2) is 22.5 Å². The van der Waals surface area contributed by atoms with Crippen LogP contribution in [-0.4, -0.2) is 33.7 Å². The van der Waals surface area contributed by atoms with E-state index in [-0.39, 0.29) is 29.8 Å². The number of ether oxygens (including phenoxy) is 1. The first-order valence-corrected chi connectivity index (χ1v) is 9.39. The highest BCUT2D eigenvalue weighted by atomic mass is 19.1. The van der Waals surface area contributed by atoms with Crippen molar-refractivity contribution in [3.63, 3.8) is 0 Å². The smallest absolute Gasteiger partial charge is 0.329 e. The van der Waals surface area contributed by atoms with Gasteiger partial charge < -0.3 is 15.0 Å². The van der Waals surface area contributed by atoms with Crippen LogP contribution in [0, 0.1) is 23.4 Å². The molecule has 0 saturated carbocycles. The number of rotatable bonds is 5. The van der Waals surface area contributed by atoms with Crippen molar-refractivity contribution in [1.29, 1.82) is 0 Å². The number of halogens is 3. The zero-order chi connectivity index (χ0) is 22.3. The first-order valence-electron chi connectivity index (χ1n) is 9.39. The predicted molar refractivity (Wildman–Crippen MR) is 103 cm³/mol. The molecule has 0 unspecified atom stereocenters. The van der Waals surface area contributed by atoms with E-state index in [1.165, 1.54) is 13.0 Å². The maximum Gasteiger partial charge on any atom is 0.329 e. The lowest BCUT2D eigenvalue weighted by molar-refractivity contribution is -0.134. The third-order valence-corrected chi connectivity index (χ3v) is 5.15. The Labute approximate surface area is 172 Å². The van der Waals surface area contributed by atoms with Gasteiger partial charge in [-0.15, -0.1) is 0 Å². The zero-order valence-electron chi connectivity index (χ0n) is 16.2. The van der Waals surface area contributed by atoms with Gasteiger partial charge in [0.25, 0.3) is 5.56 Å². The van der Waals surface area contributed by atoms with Crippen LogP contribution in [-0.2, 0) is 9.53 Å². The maximum atomic E-state index is 14.0. The van der Waals surface area contributed by atoms with Crippen LogP contribution in [0.3, 0.4) is 0 Å². The molecule has 0 spiro atoms. The van der Waals surface area contributed by atoms with Crippen LogP contribution in [0.15, 0.2) is 40.1 Å². The van der Waals surface area contributed by atoms with Crippen molar-refractivity contribution in [1.82, 2.24) is 19.9 Å². The Morgan fingerprint density at radius 2 is 1.97 bits per heavy atom. The molecule has 0 radical (unpaired) electrons. The Hall–Kier alpha value is -3.47. The van der Waals surface area contributed by atoms with Gasteiger partial charge in [0.2, 0.25) is 5.91 Å². The van der Waals surface area contributed by atoms with Crippen LogP contribution in [0.1, 0.15) is 24.7 Å². The van der Waals surface area contributed by atoms with Gasteiger partial charge in [-0.05, 0) is 25.1 Å². The van der Waals surface area contributed by atoms with Crippen molar-refractivity contribution in [2.24, 2.45) is 5.92 Å². The highest BCUT2D eigenvalue weighted by molar-refractivity contribution is 5.82. The van der Waals surface area contributed by atoms with Gasteiger partial charge >= 0.3 is 5.69 Å². The van der Waals surface area contributed by atoms with E-state index < -0.39 is 52.6 Å². The molecule has 2 N–H and O–H groups in total. The fraction of sp³-hybridized carbons (Fsp3) is 0.300. The molecule has 11 heteroatoms. The maximum absolute atomic E-state index is 14.0. The zero-order valence-corrected chi connectivity index (χ0v) is 16.2. The van der Waals surface area contributed by atoms with Crippen LogP contribution in [0.2, 0.25) is 0 Å². The SMILES string of the molecule is C[C@@H](NC(=O)[C@@H](C1COC1)n1c(=O)[nH]c2ccc(F)cc2c1=O)c1ncc(F)cc1F. The minimum Gasteiger partial charge on any atom is -0.380 e. The van der Waals surface area contributed by atoms with E-state index in [1.807, 2.05) is 0 Å². The number of hydrogen-bond donors (Lipinski definition) is 2. The minimum atomic E-state index is -1.29. The lowest BCUT2D eigenvalue weighted by atomic mass is 9.96. The lowest BCUT2D eigenvalue weighted by Crippen LogP contribution is -2.52. The number of amides is 1.